The van der Waals surface area contributed by atoms with Gasteiger partial charge in [-0.2, -0.15) is 4.98 Å². The van der Waals surface area contributed by atoms with Crippen molar-refractivity contribution in [3.8, 4) is 5.75 Å². The van der Waals surface area contributed by atoms with E-state index in [2.05, 4.69) is 10.1 Å². The van der Waals surface area contributed by atoms with E-state index >= 15 is 0 Å². The van der Waals surface area contributed by atoms with Crippen LogP contribution in [0.3, 0.4) is 0 Å². The standard InChI is InChI=1S/C11H12N2O2/c1-8-12-11(15-13-8)7-9-5-3-4-6-10(9)14-2/h3-6H,7H2,1-2H3. The van der Waals surface area contributed by atoms with Gasteiger partial charge in [0.25, 0.3) is 0 Å². The second kappa shape index (κ2) is 4.13. The van der Waals surface area contributed by atoms with Gasteiger partial charge in [-0.25, -0.2) is 0 Å². The molecule has 0 bridgehead atoms. The average Bonchev–Trinajstić information content (AvgIpc) is 2.65. The Labute approximate surface area is 87.9 Å². The van der Waals surface area contributed by atoms with Gasteiger partial charge in [0.15, 0.2) is 5.82 Å². The maximum atomic E-state index is 5.23. The molecule has 0 aliphatic heterocycles. The van der Waals surface area contributed by atoms with Crippen LogP contribution in [-0.4, -0.2) is 17.3 Å². The van der Waals surface area contributed by atoms with E-state index in [0.717, 1.165) is 11.3 Å². The maximum absolute atomic E-state index is 5.23. The fraction of sp³-hybridized carbons (Fsp3) is 0.273. The molecular weight excluding hydrogens is 192 g/mol. The fourth-order valence-corrected chi connectivity index (χ4v) is 1.42. The van der Waals surface area contributed by atoms with E-state index in [1.165, 1.54) is 0 Å². The quantitative estimate of drug-likeness (QED) is 0.767. The number of benzene rings is 1. The van der Waals surface area contributed by atoms with Crippen molar-refractivity contribution in [2.75, 3.05) is 7.11 Å². The molecule has 0 atom stereocenters. The van der Waals surface area contributed by atoms with Gasteiger partial charge in [-0.15, -0.1) is 0 Å². The lowest BCUT2D eigenvalue weighted by Gasteiger charge is -2.04. The van der Waals surface area contributed by atoms with Crippen molar-refractivity contribution in [1.29, 1.82) is 0 Å². The van der Waals surface area contributed by atoms with Crippen LogP contribution in [0.1, 0.15) is 17.3 Å². The molecule has 1 aromatic carbocycles. The first-order valence-electron chi connectivity index (χ1n) is 4.70. The molecule has 0 saturated carbocycles. The number of hydrogen-bond donors (Lipinski definition) is 0. The zero-order valence-electron chi connectivity index (χ0n) is 8.73. The van der Waals surface area contributed by atoms with E-state index in [1.807, 2.05) is 24.3 Å². The summed E-state index contributed by atoms with van der Waals surface area (Å²) in [6, 6.07) is 7.79. The Morgan fingerprint density at radius 2 is 2.13 bits per heavy atom. The first kappa shape index (κ1) is 9.71. The van der Waals surface area contributed by atoms with Gasteiger partial charge >= 0.3 is 0 Å². The van der Waals surface area contributed by atoms with Gasteiger partial charge in [0.2, 0.25) is 5.89 Å². The average molecular weight is 204 g/mol. The molecule has 4 heteroatoms. The van der Waals surface area contributed by atoms with Gasteiger partial charge in [-0.05, 0) is 13.0 Å². The summed E-state index contributed by atoms with van der Waals surface area (Å²) in [5.74, 6) is 2.10. The maximum Gasteiger partial charge on any atom is 0.231 e. The number of ether oxygens (including phenoxy) is 1. The summed E-state index contributed by atoms with van der Waals surface area (Å²) in [5, 5.41) is 3.74. The van der Waals surface area contributed by atoms with Crippen molar-refractivity contribution < 1.29 is 9.26 Å². The lowest BCUT2D eigenvalue weighted by molar-refractivity contribution is 0.376. The predicted octanol–water partition coefficient (Wildman–Crippen LogP) is 1.98. The van der Waals surface area contributed by atoms with Crippen molar-refractivity contribution in [1.82, 2.24) is 10.1 Å². The second-order valence-electron chi connectivity index (χ2n) is 3.22. The molecule has 0 unspecified atom stereocenters. The summed E-state index contributed by atoms with van der Waals surface area (Å²) in [6.07, 6.45) is 0.602. The topological polar surface area (TPSA) is 48.2 Å². The minimum Gasteiger partial charge on any atom is -0.496 e. The van der Waals surface area contributed by atoms with Crippen LogP contribution in [-0.2, 0) is 6.42 Å². The van der Waals surface area contributed by atoms with Crippen LogP contribution in [0.4, 0.5) is 0 Å². The Hall–Kier alpha value is -1.84. The summed E-state index contributed by atoms with van der Waals surface area (Å²) in [7, 11) is 1.65. The minimum absolute atomic E-state index is 0.602. The molecule has 15 heavy (non-hydrogen) atoms. The Balaban J connectivity index is 2.23. The molecule has 1 heterocycles. The molecule has 0 spiro atoms. The summed E-state index contributed by atoms with van der Waals surface area (Å²) in [4.78, 5) is 4.15. The number of para-hydroxylation sites is 1. The van der Waals surface area contributed by atoms with Crippen molar-refractivity contribution in [2.24, 2.45) is 0 Å². The van der Waals surface area contributed by atoms with Crippen molar-refractivity contribution >= 4 is 0 Å². The van der Waals surface area contributed by atoms with E-state index in [4.69, 9.17) is 9.26 Å². The molecule has 0 fully saturated rings. The van der Waals surface area contributed by atoms with Gasteiger partial charge in [0, 0.05) is 5.56 Å². The van der Waals surface area contributed by atoms with Crippen LogP contribution in [0.5, 0.6) is 5.75 Å². The zero-order valence-corrected chi connectivity index (χ0v) is 8.73. The highest BCUT2D eigenvalue weighted by atomic mass is 16.5. The van der Waals surface area contributed by atoms with Gasteiger partial charge in [0.1, 0.15) is 5.75 Å². The number of hydrogen-bond acceptors (Lipinski definition) is 4. The van der Waals surface area contributed by atoms with Crippen LogP contribution < -0.4 is 4.74 Å². The monoisotopic (exact) mass is 204 g/mol. The first-order chi connectivity index (χ1) is 7.29. The highest BCUT2D eigenvalue weighted by molar-refractivity contribution is 5.34. The summed E-state index contributed by atoms with van der Waals surface area (Å²) >= 11 is 0. The number of rotatable bonds is 3. The van der Waals surface area contributed by atoms with E-state index in [-0.39, 0.29) is 0 Å². The van der Waals surface area contributed by atoms with Crippen LogP contribution in [0.2, 0.25) is 0 Å². The number of aryl methyl sites for hydroxylation is 1. The molecule has 78 valence electrons. The number of aromatic nitrogens is 2. The summed E-state index contributed by atoms with van der Waals surface area (Å²) < 4.78 is 10.3. The predicted molar refractivity (Wildman–Crippen MR) is 54.8 cm³/mol. The van der Waals surface area contributed by atoms with E-state index in [0.29, 0.717) is 18.1 Å². The van der Waals surface area contributed by atoms with Crippen molar-refractivity contribution in [2.45, 2.75) is 13.3 Å². The lowest BCUT2D eigenvalue weighted by atomic mass is 10.1. The smallest absolute Gasteiger partial charge is 0.231 e. The van der Waals surface area contributed by atoms with Crippen LogP contribution >= 0.6 is 0 Å². The van der Waals surface area contributed by atoms with E-state index < -0.39 is 0 Å². The molecule has 0 saturated heterocycles. The van der Waals surface area contributed by atoms with Crippen molar-refractivity contribution in [3.63, 3.8) is 0 Å². The normalized spacial score (nSPS) is 10.3. The van der Waals surface area contributed by atoms with E-state index in [9.17, 15) is 0 Å². The number of methoxy groups -OCH3 is 1. The van der Waals surface area contributed by atoms with Gasteiger partial charge < -0.3 is 9.26 Å². The SMILES string of the molecule is COc1ccccc1Cc1nc(C)no1. The molecular formula is C11H12N2O2. The third-order valence-electron chi connectivity index (χ3n) is 2.10. The highest BCUT2D eigenvalue weighted by Gasteiger charge is 2.07. The first-order valence-corrected chi connectivity index (χ1v) is 4.70. The van der Waals surface area contributed by atoms with E-state index in [1.54, 1.807) is 14.0 Å². The summed E-state index contributed by atoms with van der Waals surface area (Å²) in [6.45, 7) is 1.80. The Bertz CT molecular complexity index is 451. The molecule has 0 aliphatic carbocycles. The molecule has 0 amide bonds. The number of nitrogens with zero attached hydrogens (tertiary/aromatic N) is 2. The lowest BCUT2D eigenvalue weighted by Crippen LogP contribution is -1.93. The molecule has 0 N–H and O–H groups in total. The molecule has 0 radical (unpaired) electrons. The second-order valence-corrected chi connectivity index (χ2v) is 3.22. The molecule has 2 aromatic rings. The third-order valence-corrected chi connectivity index (χ3v) is 2.10. The van der Waals surface area contributed by atoms with Crippen LogP contribution in [0.25, 0.3) is 0 Å². The summed E-state index contributed by atoms with van der Waals surface area (Å²) in [5.41, 5.74) is 1.05. The molecule has 0 aliphatic rings. The minimum atomic E-state index is 0.602. The largest absolute Gasteiger partial charge is 0.496 e. The Morgan fingerprint density at radius 1 is 1.33 bits per heavy atom. The van der Waals surface area contributed by atoms with Crippen LogP contribution in [0, 0.1) is 6.92 Å². The molecule has 2 rings (SSSR count). The zero-order chi connectivity index (χ0) is 10.7. The Morgan fingerprint density at radius 3 is 2.80 bits per heavy atom. The van der Waals surface area contributed by atoms with Crippen LogP contribution in [0.15, 0.2) is 28.8 Å². The third kappa shape index (κ3) is 2.15. The van der Waals surface area contributed by atoms with Crippen molar-refractivity contribution in [3.05, 3.63) is 41.5 Å². The van der Waals surface area contributed by atoms with Gasteiger partial charge in [-0.3, -0.25) is 0 Å². The molecule has 1 aromatic heterocycles. The fourth-order valence-electron chi connectivity index (χ4n) is 1.42. The highest BCUT2D eigenvalue weighted by Crippen LogP contribution is 2.19. The molecule has 4 nitrogen and oxygen atoms in total. The Kier molecular flexibility index (Phi) is 2.67. The van der Waals surface area contributed by atoms with Gasteiger partial charge in [-0.1, -0.05) is 23.4 Å². The van der Waals surface area contributed by atoms with Gasteiger partial charge in [0.05, 0.1) is 13.5 Å².